The molecule has 0 saturated carbocycles. The van der Waals surface area contributed by atoms with Gasteiger partial charge in [-0.25, -0.2) is 4.99 Å². The van der Waals surface area contributed by atoms with Crippen LogP contribution in [0.5, 0.6) is 0 Å². The maximum absolute atomic E-state index is 12.6. The molecule has 1 aromatic carbocycles. The van der Waals surface area contributed by atoms with Crippen LogP contribution in [-0.2, 0) is 0 Å². The third-order valence-corrected chi connectivity index (χ3v) is 5.39. The van der Waals surface area contributed by atoms with Crippen LogP contribution in [-0.4, -0.2) is 54.5 Å². The molecule has 0 saturated heterocycles. The highest BCUT2D eigenvalue weighted by Gasteiger charge is 2.15. The molecular formula is C23H18N10O. The van der Waals surface area contributed by atoms with Crippen LogP contribution in [0, 0.1) is 0 Å². The van der Waals surface area contributed by atoms with Crippen LogP contribution in [0.15, 0.2) is 71.2 Å². The highest BCUT2D eigenvalue weighted by Crippen LogP contribution is 2.20. The first kappa shape index (κ1) is 19.7. The second-order valence-electron chi connectivity index (χ2n) is 7.74. The van der Waals surface area contributed by atoms with Gasteiger partial charge in [-0.3, -0.25) is 19.9 Å². The van der Waals surface area contributed by atoms with Crippen molar-refractivity contribution in [2.45, 2.75) is 6.42 Å². The molecule has 34 heavy (non-hydrogen) atoms. The van der Waals surface area contributed by atoms with Gasteiger partial charge in [0.05, 0.1) is 40.8 Å². The Morgan fingerprint density at radius 1 is 0.971 bits per heavy atom. The molecule has 4 aromatic heterocycles. The maximum Gasteiger partial charge on any atom is 0.272 e. The summed E-state index contributed by atoms with van der Waals surface area (Å²) in [5.41, 5.74) is 5.03. The highest BCUT2D eigenvalue weighted by atomic mass is 16.1. The van der Waals surface area contributed by atoms with Crippen molar-refractivity contribution in [2.24, 2.45) is 9.98 Å². The van der Waals surface area contributed by atoms with Crippen molar-refractivity contribution in [1.82, 2.24) is 30.4 Å². The van der Waals surface area contributed by atoms with E-state index in [4.69, 9.17) is 4.99 Å². The van der Waals surface area contributed by atoms with Crippen LogP contribution >= 0.6 is 0 Å². The Balaban J connectivity index is 1.23. The van der Waals surface area contributed by atoms with E-state index in [1.165, 1.54) is 12.4 Å². The predicted octanol–water partition coefficient (Wildman–Crippen LogP) is 3.14. The van der Waals surface area contributed by atoms with Crippen molar-refractivity contribution in [3.63, 3.8) is 0 Å². The summed E-state index contributed by atoms with van der Waals surface area (Å²) in [5, 5.41) is 21.6. The number of carbonyl (C=O) groups is 1. The second-order valence-corrected chi connectivity index (χ2v) is 7.74. The van der Waals surface area contributed by atoms with E-state index in [-0.39, 0.29) is 5.91 Å². The normalized spacial score (nSPS) is 13.5. The number of H-pyrrole nitrogens is 2. The van der Waals surface area contributed by atoms with E-state index in [2.05, 4.69) is 46.0 Å². The van der Waals surface area contributed by atoms with Crippen molar-refractivity contribution >= 4 is 50.9 Å². The number of aromatic nitrogens is 6. The average Bonchev–Trinajstić information content (AvgIpc) is 3.51. The number of aromatic amines is 2. The van der Waals surface area contributed by atoms with Gasteiger partial charge >= 0.3 is 0 Å². The number of benzene rings is 1. The SMILES string of the molecule is O=C(Nc1ccnnc1)c1cc2ncc(C3=NCCC(Nc4ccc5[nH]ncc5c4)=N3)cc2[nH]1. The third-order valence-electron chi connectivity index (χ3n) is 5.39. The number of nitrogens with one attached hydrogen (secondary N) is 4. The summed E-state index contributed by atoms with van der Waals surface area (Å²) in [4.78, 5) is 29.5. The van der Waals surface area contributed by atoms with Gasteiger partial charge in [-0.15, -0.1) is 0 Å². The molecule has 1 amide bonds. The number of amidine groups is 2. The molecule has 11 nitrogen and oxygen atoms in total. The molecule has 4 N–H and O–H groups in total. The minimum atomic E-state index is -0.290. The number of rotatable bonds is 4. The van der Waals surface area contributed by atoms with E-state index in [9.17, 15) is 4.79 Å². The Hall–Kier alpha value is -4.93. The number of aliphatic imine (C=N–C) groups is 2. The van der Waals surface area contributed by atoms with Gasteiger partial charge in [0.2, 0.25) is 0 Å². The molecule has 6 rings (SSSR count). The van der Waals surface area contributed by atoms with Gasteiger partial charge in [0.1, 0.15) is 11.5 Å². The second kappa shape index (κ2) is 8.20. The Bertz CT molecular complexity index is 1580. The first-order valence-electron chi connectivity index (χ1n) is 10.6. The molecule has 11 heteroatoms. The largest absolute Gasteiger partial charge is 0.349 e. The summed E-state index contributed by atoms with van der Waals surface area (Å²) in [5.74, 6) is 1.13. The lowest BCUT2D eigenvalue weighted by molar-refractivity contribution is 0.102. The first-order chi connectivity index (χ1) is 16.7. The maximum atomic E-state index is 12.6. The van der Waals surface area contributed by atoms with Crippen molar-refractivity contribution in [3.8, 4) is 0 Å². The van der Waals surface area contributed by atoms with Crippen LogP contribution in [0.4, 0.5) is 11.4 Å². The lowest BCUT2D eigenvalue weighted by Crippen LogP contribution is -2.20. The quantitative estimate of drug-likeness (QED) is 0.330. The van der Waals surface area contributed by atoms with Gasteiger partial charge < -0.3 is 15.6 Å². The molecule has 5 aromatic rings. The molecule has 0 aliphatic carbocycles. The third kappa shape index (κ3) is 3.86. The standard InChI is InChI=1S/C23H18N10O/c34-23(30-16-3-6-26-27-12-16)20-9-18-19(31-20)8-14(10-25-18)22-24-5-4-21(32-22)29-15-1-2-17-13(7-15)11-28-33-17/h1-3,6-12,31H,4-5H2,(H,28,33)(H,24,29,32)(H,26,30,34). The number of anilines is 2. The summed E-state index contributed by atoms with van der Waals surface area (Å²) in [6, 6.07) is 11.3. The molecule has 1 aliphatic heterocycles. The first-order valence-corrected chi connectivity index (χ1v) is 10.6. The van der Waals surface area contributed by atoms with Crippen LogP contribution in [0.1, 0.15) is 22.5 Å². The summed E-state index contributed by atoms with van der Waals surface area (Å²) < 4.78 is 0. The van der Waals surface area contributed by atoms with Gasteiger partial charge in [0.15, 0.2) is 5.84 Å². The monoisotopic (exact) mass is 450 g/mol. The molecule has 0 fully saturated rings. The van der Waals surface area contributed by atoms with Crippen molar-refractivity contribution < 1.29 is 4.79 Å². The number of pyridine rings is 1. The molecule has 0 bridgehead atoms. The molecular weight excluding hydrogens is 432 g/mol. The number of nitrogens with zero attached hydrogens (tertiary/aromatic N) is 6. The van der Waals surface area contributed by atoms with E-state index in [1.807, 2.05) is 24.3 Å². The number of amides is 1. The van der Waals surface area contributed by atoms with Gasteiger partial charge in [-0.05, 0) is 36.4 Å². The predicted molar refractivity (Wildman–Crippen MR) is 129 cm³/mol. The van der Waals surface area contributed by atoms with Gasteiger partial charge in [0.25, 0.3) is 5.91 Å². The molecule has 5 heterocycles. The van der Waals surface area contributed by atoms with Crippen LogP contribution in [0.25, 0.3) is 21.9 Å². The lowest BCUT2D eigenvalue weighted by atomic mass is 10.2. The molecule has 166 valence electrons. The zero-order chi connectivity index (χ0) is 22.9. The molecule has 0 atom stereocenters. The number of hydrogen-bond acceptors (Lipinski definition) is 8. The highest BCUT2D eigenvalue weighted by molar-refractivity contribution is 6.12. The van der Waals surface area contributed by atoms with E-state index >= 15 is 0 Å². The fraction of sp³-hybridized carbons (Fsp3) is 0.0870. The number of carbonyl (C=O) groups excluding carboxylic acids is 1. The Morgan fingerprint density at radius 2 is 1.94 bits per heavy atom. The summed E-state index contributed by atoms with van der Waals surface area (Å²) in [6.07, 6.45) is 7.20. The number of hydrogen-bond donors (Lipinski definition) is 4. The van der Waals surface area contributed by atoms with Crippen LogP contribution in [0.2, 0.25) is 0 Å². The summed E-state index contributed by atoms with van der Waals surface area (Å²) in [7, 11) is 0. The number of fused-ring (bicyclic) bond motifs is 2. The lowest BCUT2D eigenvalue weighted by Gasteiger charge is -2.14. The van der Waals surface area contributed by atoms with Crippen molar-refractivity contribution in [1.29, 1.82) is 0 Å². The van der Waals surface area contributed by atoms with Gasteiger partial charge in [-0.2, -0.15) is 15.3 Å². The minimum absolute atomic E-state index is 0.290. The fourth-order valence-corrected chi connectivity index (χ4v) is 3.74. The Morgan fingerprint density at radius 3 is 2.85 bits per heavy atom. The molecule has 0 spiro atoms. The molecule has 0 unspecified atom stereocenters. The fourth-order valence-electron chi connectivity index (χ4n) is 3.74. The van der Waals surface area contributed by atoms with Crippen LogP contribution < -0.4 is 10.6 Å². The molecule has 1 aliphatic rings. The molecule has 0 radical (unpaired) electrons. The van der Waals surface area contributed by atoms with Crippen LogP contribution in [0.3, 0.4) is 0 Å². The minimum Gasteiger partial charge on any atom is -0.349 e. The van der Waals surface area contributed by atoms with Gasteiger partial charge in [0, 0.05) is 35.8 Å². The van der Waals surface area contributed by atoms with E-state index < -0.39 is 0 Å². The average molecular weight is 450 g/mol. The Labute approximate surface area is 192 Å². The summed E-state index contributed by atoms with van der Waals surface area (Å²) in [6.45, 7) is 0.617. The van der Waals surface area contributed by atoms with E-state index in [0.717, 1.165) is 33.5 Å². The van der Waals surface area contributed by atoms with Crippen molar-refractivity contribution in [2.75, 3.05) is 17.2 Å². The van der Waals surface area contributed by atoms with Gasteiger partial charge in [-0.1, -0.05) is 0 Å². The topological polar surface area (TPSA) is 149 Å². The summed E-state index contributed by atoms with van der Waals surface area (Å²) >= 11 is 0. The Kier molecular flexibility index (Phi) is 4.76. The zero-order valence-electron chi connectivity index (χ0n) is 17.8. The van der Waals surface area contributed by atoms with E-state index in [0.29, 0.717) is 35.7 Å². The zero-order valence-corrected chi connectivity index (χ0v) is 17.8. The smallest absolute Gasteiger partial charge is 0.272 e. The van der Waals surface area contributed by atoms with E-state index in [1.54, 1.807) is 24.5 Å². The van der Waals surface area contributed by atoms with Crippen molar-refractivity contribution in [3.05, 3.63) is 72.4 Å².